The number of rotatable bonds is 3. The first kappa shape index (κ1) is 11.9. The van der Waals surface area contributed by atoms with E-state index in [1.54, 1.807) is 6.20 Å². The first-order chi connectivity index (χ1) is 8.15. The SMILES string of the molecule is CNC(c1cccnc1)c1c(C)oc(C)c1C. The molecule has 0 fully saturated rings. The minimum Gasteiger partial charge on any atom is -0.466 e. The smallest absolute Gasteiger partial charge is 0.106 e. The standard InChI is InChI=1S/C14H18N2O/c1-9-10(2)17-11(3)13(9)14(15-4)12-6-5-7-16-8-12/h5-8,14-15H,1-4H3. The highest BCUT2D eigenvalue weighted by atomic mass is 16.3. The van der Waals surface area contributed by atoms with Gasteiger partial charge in [0.05, 0.1) is 6.04 Å². The third-order valence-electron chi connectivity index (χ3n) is 3.21. The van der Waals surface area contributed by atoms with Crippen molar-refractivity contribution in [1.82, 2.24) is 10.3 Å². The fraction of sp³-hybridized carbons (Fsp3) is 0.357. The highest BCUT2D eigenvalue weighted by Gasteiger charge is 2.21. The molecule has 0 spiro atoms. The summed E-state index contributed by atoms with van der Waals surface area (Å²) in [5.74, 6) is 1.96. The predicted molar refractivity (Wildman–Crippen MR) is 68.1 cm³/mol. The van der Waals surface area contributed by atoms with E-state index in [-0.39, 0.29) is 6.04 Å². The first-order valence-corrected chi connectivity index (χ1v) is 5.78. The normalized spacial score (nSPS) is 12.7. The lowest BCUT2D eigenvalue weighted by Gasteiger charge is -2.16. The van der Waals surface area contributed by atoms with Crippen LogP contribution in [0.4, 0.5) is 0 Å². The van der Waals surface area contributed by atoms with E-state index >= 15 is 0 Å². The van der Waals surface area contributed by atoms with Crippen LogP contribution in [0, 0.1) is 20.8 Å². The van der Waals surface area contributed by atoms with Crippen molar-refractivity contribution < 1.29 is 4.42 Å². The number of hydrogen-bond donors (Lipinski definition) is 1. The van der Waals surface area contributed by atoms with Gasteiger partial charge in [-0.25, -0.2) is 0 Å². The van der Waals surface area contributed by atoms with Gasteiger partial charge in [0, 0.05) is 18.0 Å². The molecular formula is C14H18N2O. The van der Waals surface area contributed by atoms with Gasteiger partial charge >= 0.3 is 0 Å². The van der Waals surface area contributed by atoms with Crippen molar-refractivity contribution in [2.24, 2.45) is 0 Å². The largest absolute Gasteiger partial charge is 0.466 e. The minimum absolute atomic E-state index is 0.140. The predicted octanol–water partition coefficient (Wildman–Crippen LogP) is 2.91. The summed E-state index contributed by atoms with van der Waals surface area (Å²) in [7, 11) is 1.96. The van der Waals surface area contributed by atoms with Gasteiger partial charge in [0.15, 0.2) is 0 Å². The second-order valence-electron chi connectivity index (χ2n) is 4.26. The summed E-state index contributed by atoms with van der Waals surface area (Å²) in [6.45, 7) is 6.11. The van der Waals surface area contributed by atoms with Gasteiger partial charge in [0.25, 0.3) is 0 Å². The molecule has 17 heavy (non-hydrogen) atoms. The molecule has 0 aliphatic carbocycles. The van der Waals surface area contributed by atoms with Gasteiger partial charge in [0.2, 0.25) is 0 Å². The molecule has 1 N–H and O–H groups in total. The van der Waals surface area contributed by atoms with Crippen LogP contribution in [0.25, 0.3) is 0 Å². The van der Waals surface area contributed by atoms with Crippen LogP contribution in [0.5, 0.6) is 0 Å². The van der Waals surface area contributed by atoms with Crippen LogP contribution >= 0.6 is 0 Å². The second-order valence-corrected chi connectivity index (χ2v) is 4.26. The topological polar surface area (TPSA) is 38.1 Å². The van der Waals surface area contributed by atoms with Crippen molar-refractivity contribution in [2.45, 2.75) is 26.8 Å². The van der Waals surface area contributed by atoms with Crippen molar-refractivity contribution in [3.8, 4) is 0 Å². The summed E-state index contributed by atoms with van der Waals surface area (Å²) < 4.78 is 5.69. The Bertz CT molecular complexity index is 502. The molecule has 1 unspecified atom stereocenters. The summed E-state index contributed by atoms with van der Waals surface area (Å²) in [6.07, 6.45) is 3.68. The fourth-order valence-corrected chi connectivity index (χ4v) is 2.26. The van der Waals surface area contributed by atoms with E-state index in [4.69, 9.17) is 4.42 Å². The molecule has 0 aliphatic rings. The molecular weight excluding hydrogens is 212 g/mol. The Morgan fingerprint density at radius 2 is 2.00 bits per heavy atom. The molecule has 2 aromatic rings. The van der Waals surface area contributed by atoms with Crippen LogP contribution < -0.4 is 5.32 Å². The number of furan rings is 1. The van der Waals surface area contributed by atoms with Gasteiger partial charge in [-0.05, 0) is 45.0 Å². The number of hydrogen-bond acceptors (Lipinski definition) is 3. The van der Waals surface area contributed by atoms with Crippen molar-refractivity contribution >= 4 is 0 Å². The third kappa shape index (κ3) is 2.11. The zero-order valence-electron chi connectivity index (χ0n) is 10.7. The molecule has 3 nitrogen and oxygen atoms in total. The van der Waals surface area contributed by atoms with E-state index in [1.165, 1.54) is 11.1 Å². The molecule has 0 bridgehead atoms. The van der Waals surface area contributed by atoms with Crippen LogP contribution in [-0.2, 0) is 0 Å². The number of aryl methyl sites for hydroxylation is 2. The molecule has 2 heterocycles. The molecule has 0 aliphatic heterocycles. The van der Waals surface area contributed by atoms with Crippen LogP contribution in [0.15, 0.2) is 28.9 Å². The summed E-state index contributed by atoms with van der Waals surface area (Å²) in [5.41, 5.74) is 3.59. The maximum atomic E-state index is 5.69. The quantitative estimate of drug-likeness (QED) is 0.881. The summed E-state index contributed by atoms with van der Waals surface area (Å²) in [4.78, 5) is 4.17. The highest BCUT2D eigenvalue weighted by molar-refractivity contribution is 5.39. The molecule has 3 heteroatoms. The molecule has 0 saturated heterocycles. The minimum atomic E-state index is 0.140. The Morgan fingerprint density at radius 1 is 1.24 bits per heavy atom. The number of pyridine rings is 1. The first-order valence-electron chi connectivity index (χ1n) is 5.78. The highest BCUT2D eigenvalue weighted by Crippen LogP contribution is 2.30. The maximum Gasteiger partial charge on any atom is 0.106 e. The molecule has 0 amide bonds. The number of nitrogens with one attached hydrogen (secondary N) is 1. The van der Waals surface area contributed by atoms with Gasteiger partial charge in [-0.15, -0.1) is 0 Å². The fourth-order valence-electron chi connectivity index (χ4n) is 2.26. The lowest BCUT2D eigenvalue weighted by Crippen LogP contribution is -2.19. The lowest BCUT2D eigenvalue weighted by atomic mass is 9.97. The average molecular weight is 230 g/mol. The lowest BCUT2D eigenvalue weighted by molar-refractivity contribution is 0.495. The van der Waals surface area contributed by atoms with Gasteiger partial charge < -0.3 is 9.73 Å². The third-order valence-corrected chi connectivity index (χ3v) is 3.21. The Kier molecular flexibility index (Phi) is 3.29. The Morgan fingerprint density at radius 3 is 2.47 bits per heavy atom. The molecule has 90 valence electrons. The van der Waals surface area contributed by atoms with Crippen LogP contribution in [0.3, 0.4) is 0 Å². The van der Waals surface area contributed by atoms with Crippen molar-refractivity contribution in [3.63, 3.8) is 0 Å². The average Bonchev–Trinajstić information content (AvgIpc) is 2.58. The van der Waals surface area contributed by atoms with Crippen LogP contribution in [-0.4, -0.2) is 12.0 Å². The van der Waals surface area contributed by atoms with Gasteiger partial charge in [-0.1, -0.05) is 6.07 Å². The van der Waals surface area contributed by atoms with Gasteiger partial charge in [0.1, 0.15) is 11.5 Å². The molecule has 2 aromatic heterocycles. The van der Waals surface area contributed by atoms with Crippen LogP contribution in [0.2, 0.25) is 0 Å². The Labute approximate surface area is 102 Å². The van der Waals surface area contributed by atoms with E-state index < -0.39 is 0 Å². The monoisotopic (exact) mass is 230 g/mol. The second kappa shape index (κ2) is 4.72. The number of aromatic nitrogens is 1. The number of nitrogens with zero attached hydrogens (tertiary/aromatic N) is 1. The van der Waals surface area contributed by atoms with Crippen molar-refractivity contribution in [2.75, 3.05) is 7.05 Å². The van der Waals surface area contributed by atoms with Gasteiger partial charge in [-0.2, -0.15) is 0 Å². The Balaban J connectivity index is 2.50. The van der Waals surface area contributed by atoms with Crippen LogP contribution in [0.1, 0.15) is 34.3 Å². The molecule has 0 saturated carbocycles. The molecule has 1 atom stereocenters. The summed E-state index contributed by atoms with van der Waals surface area (Å²) in [5, 5.41) is 3.33. The van der Waals surface area contributed by atoms with E-state index in [2.05, 4.69) is 23.3 Å². The van der Waals surface area contributed by atoms with Crippen molar-refractivity contribution in [1.29, 1.82) is 0 Å². The summed E-state index contributed by atoms with van der Waals surface area (Å²) >= 11 is 0. The van der Waals surface area contributed by atoms with E-state index in [1.807, 2.05) is 33.2 Å². The zero-order valence-corrected chi connectivity index (χ0v) is 10.7. The zero-order chi connectivity index (χ0) is 12.4. The van der Waals surface area contributed by atoms with E-state index in [9.17, 15) is 0 Å². The molecule has 0 radical (unpaired) electrons. The Hall–Kier alpha value is -1.61. The van der Waals surface area contributed by atoms with Gasteiger partial charge in [-0.3, -0.25) is 4.98 Å². The molecule has 0 aromatic carbocycles. The molecule has 2 rings (SSSR count). The van der Waals surface area contributed by atoms with E-state index in [0.717, 1.165) is 17.1 Å². The summed E-state index contributed by atoms with van der Waals surface area (Å²) in [6, 6.07) is 4.17. The van der Waals surface area contributed by atoms with Crippen molar-refractivity contribution in [3.05, 3.63) is 52.7 Å². The maximum absolute atomic E-state index is 5.69. The van der Waals surface area contributed by atoms with E-state index in [0.29, 0.717) is 0 Å².